The van der Waals surface area contributed by atoms with Crippen LogP contribution in [0, 0.1) is 0 Å². The molecular weight excluding hydrogens is 238 g/mol. The van der Waals surface area contributed by atoms with Gasteiger partial charge in [-0.05, 0) is 25.8 Å². The van der Waals surface area contributed by atoms with E-state index in [-0.39, 0.29) is 0 Å². The maximum atomic E-state index is 11.9. The third-order valence-electron chi connectivity index (χ3n) is 3.20. The van der Waals surface area contributed by atoms with Crippen LogP contribution in [0.4, 0.5) is 0 Å². The van der Waals surface area contributed by atoms with Gasteiger partial charge in [-0.2, -0.15) is 17.0 Å². The second-order valence-corrected chi connectivity index (χ2v) is 6.91. The second kappa shape index (κ2) is 6.68. The van der Waals surface area contributed by atoms with E-state index in [1.807, 2.05) is 0 Å². The first-order valence-corrected chi connectivity index (χ1v) is 7.79. The summed E-state index contributed by atoms with van der Waals surface area (Å²) in [6, 6.07) is 0.482. The van der Waals surface area contributed by atoms with Crippen LogP contribution in [-0.2, 0) is 10.2 Å². The molecule has 6 heteroatoms. The van der Waals surface area contributed by atoms with E-state index in [1.54, 1.807) is 18.4 Å². The van der Waals surface area contributed by atoms with Gasteiger partial charge in [-0.15, -0.1) is 0 Å². The van der Waals surface area contributed by atoms with Crippen molar-refractivity contribution in [1.29, 1.82) is 0 Å². The Hall–Kier alpha value is -0.170. The molecule has 17 heavy (non-hydrogen) atoms. The van der Waals surface area contributed by atoms with Gasteiger partial charge in [0.2, 0.25) is 0 Å². The smallest absolute Gasteiger partial charge is 0.281 e. The normalized spacial score (nSPS) is 20.0. The Labute approximate surface area is 105 Å². The first-order valence-electron chi connectivity index (χ1n) is 6.39. The van der Waals surface area contributed by atoms with Gasteiger partial charge in [0, 0.05) is 33.2 Å². The van der Waals surface area contributed by atoms with Gasteiger partial charge in [-0.3, -0.25) is 0 Å². The van der Waals surface area contributed by atoms with Gasteiger partial charge in [0.1, 0.15) is 0 Å². The zero-order valence-electron chi connectivity index (χ0n) is 11.1. The van der Waals surface area contributed by atoms with Crippen molar-refractivity contribution in [2.75, 3.05) is 33.7 Å². The molecule has 1 fully saturated rings. The number of rotatable bonds is 6. The highest BCUT2D eigenvalue weighted by atomic mass is 32.2. The van der Waals surface area contributed by atoms with E-state index in [0.717, 1.165) is 19.4 Å². The zero-order chi connectivity index (χ0) is 12.9. The first kappa shape index (κ1) is 14.9. The zero-order valence-corrected chi connectivity index (χ0v) is 12.0. The molecule has 0 spiro atoms. The van der Waals surface area contributed by atoms with Crippen molar-refractivity contribution in [3.8, 4) is 0 Å². The quantitative estimate of drug-likeness (QED) is 0.716. The van der Waals surface area contributed by atoms with Crippen molar-refractivity contribution in [3.05, 3.63) is 0 Å². The van der Waals surface area contributed by atoms with E-state index in [0.29, 0.717) is 19.1 Å². The number of unbranched alkanes of at least 4 members (excludes halogenated alkanes) is 1. The predicted molar refractivity (Wildman–Crippen MR) is 70.1 cm³/mol. The van der Waals surface area contributed by atoms with E-state index < -0.39 is 10.2 Å². The molecule has 0 aromatic carbocycles. The molecule has 1 N–H and O–H groups in total. The predicted octanol–water partition coefficient (Wildman–Crippen LogP) is 0.647. The van der Waals surface area contributed by atoms with Crippen LogP contribution in [0.5, 0.6) is 0 Å². The molecule has 0 unspecified atom stereocenters. The average molecular weight is 263 g/mol. The Kier molecular flexibility index (Phi) is 5.85. The van der Waals surface area contributed by atoms with Crippen LogP contribution in [0.1, 0.15) is 32.6 Å². The topological polar surface area (TPSA) is 52.7 Å². The van der Waals surface area contributed by atoms with Crippen molar-refractivity contribution in [1.82, 2.24) is 13.9 Å². The maximum absolute atomic E-state index is 11.9. The van der Waals surface area contributed by atoms with Gasteiger partial charge in [-0.25, -0.2) is 0 Å². The lowest BCUT2D eigenvalue weighted by atomic mass is 10.1. The molecule has 1 rings (SSSR count). The molecular formula is C11H25N3O2S. The van der Waals surface area contributed by atoms with Crippen molar-refractivity contribution in [3.63, 3.8) is 0 Å². The summed E-state index contributed by atoms with van der Waals surface area (Å²) in [4.78, 5) is 0. The molecule has 0 amide bonds. The largest absolute Gasteiger partial charge is 0.314 e. The van der Waals surface area contributed by atoms with Gasteiger partial charge in [-0.1, -0.05) is 13.3 Å². The van der Waals surface area contributed by atoms with Crippen LogP contribution in [-0.4, -0.2) is 56.8 Å². The third-order valence-corrected chi connectivity index (χ3v) is 5.15. The van der Waals surface area contributed by atoms with Crippen molar-refractivity contribution in [2.45, 2.75) is 38.6 Å². The molecule has 1 aliphatic rings. The number of piperidine rings is 1. The lowest BCUT2D eigenvalue weighted by Gasteiger charge is -2.33. The van der Waals surface area contributed by atoms with Crippen LogP contribution in [0.3, 0.4) is 0 Å². The van der Waals surface area contributed by atoms with E-state index in [4.69, 9.17) is 0 Å². The maximum Gasteiger partial charge on any atom is 0.281 e. The van der Waals surface area contributed by atoms with Crippen LogP contribution >= 0.6 is 0 Å². The Morgan fingerprint density at radius 3 is 2.35 bits per heavy atom. The molecule has 1 aliphatic heterocycles. The molecule has 0 radical (unpaired) electrons. The van der Waals surface area contributed by atoms with Crippen LogP contribution in [0.25, 0.3) is 0 Å². The summed E-state index contributed by atoms with van der Waals surface area (Å²) >= 11 is 0. The highest BCUT2D eigenvalue weighted by Gasteiger charge is 2.28. The van der Waals surface area contributed by atoms with E-state index in [9.17, 15) is 8.42 Å². The summed E-state index contributed by atoms with van der Waals surface area (Å²) in [5.74, 6) is 0. The lowest BCUT2D eigenvalue weighted by molar-refractivity contribution is 0.277. The highest BCUT2D eigenvalue weighted by Crippen LogP contribution is 2.15. The van der Waals surface area contributed by atoms with Crippen LogP contribution in [0.2, 0.25) is 0 Å². The summed E-state index contributed by atoms with van der Waals surface area (Å²) in [6.07, 6.45) is 4.21. The van der Waals surface area contributed by atoms with Gasteiger partial charge in [0.25, 0.3) is 10.2 Å². The minimum absolute atomic E-state index is 0.482. The second-order valence-electron chi connectivity index (χ2n) is 4.77. The molecule has 0 saturated carbocycles. The van der Waals surface area contributed by atoms with E-state index in [2.05, 4.69) is 12.2 Å². The molecule has 0 aromatic rings. The fourth-order valence-electron chi connectivity index (χ4n) is 2.00. The Balaban J connectivity index is 2.36. The van der Waals surface area contributed by atoms with Crippen LogP contribution < -0.4 is 5.32 Å². The van der Waals surface area contributed by atoms with E-state index in [1.165, 1.54) is 17.1 Å². The Morgan fingerprint density at radius 2 is 1.88 bits per heavy atom. The summed E-state index contributed by atoms with van der Waals surface area (Å²) in [7, 11) is -0.0412. The van der Waals surface area contributed by atoms with Crippen LogP contribution in [0.15, 0.2) is 0 Å². The number of nitrogens with one attached hydrogen (secondary N) is 1. The highest BCUT2D eigenvalue weighted by molar-refractivity contribution is 7.86. The molecule has 0 bridgehead atoms. The Morgan fingerprint density at radius 1 is 1.29 bits per heavy atom. The minimum atomic E-state index is -3.21. The fourth-order valence-corrected chi connectivity index (χ4v) is 3.14. The lowest BCUT2D eigenvalue weighted by Crippen LogP contribution is -2.48. The molecule has 1 heterocycles. The SMILES string of the molecule is CCCCNC1CCN(S(=O)(=O)N(C)C)CC1. The monoisotopic (exact) mass is 263 g/mol. The standard InChI is InChI=1S/C11H25N3O2S/c1-4-5-8-12-11-6-9-14(10-7-11)17(15,16)13(2)3/h11-12H,4-10H2,1-3H3. The molecule has 5 nitrogen and oxygen atoms in total. The summed E-state index contributed by atoms with van der Waals surface area (Å²) in [5.41, 5.74) is 0. The first-order chi connectivity index (χ1) is 7.98. The molecule has 1 saturated heterocycles. The third kappa shape index (κ3) is 4.21. The van der Waals surface area contributed by atoms with Crippen molar-refractivity contribution >= 4 is 10.2 Å². The molecule has 0 aromatic heterocycles. The number of hydrogen-bond acceptors (Lipinski definition) is 3. The van der Waals surface area contributed by atoms with Gasteiger partial charge < -0.3 is 5.32 Å². The summed E-state index contributed by atoms with van der Waals surface area (Å²) < 4.78 is 26.6. The van der Waals surface area contributed by atoms with Gasteiger partial charge in [0.15, 0.2) is 0 Å². The number of nitrogens with zero attached hydrogens (tertiary/aromatic N) is 2. The van der Waals surface area contributed by atoms with Gasteiger partial charge >= 0.3 is 0 Å². The minimum Gasteiger partial charge on any atom is -0.314 e. The van der Waals surface area contributed by atoms with Crippen molar-refractivity contribution < 1.29 is 8.42 Å². The summed E-state index contributed by atoms with van der Waals surface area (Å²) in [5, 5.41) is 3.49. The Bertz CT molecular complexity index is 309. The number of hydrogen-bond donors (Lipinski definition) is 1. The molecule has 102 valence electrons. The van der Waals surface area contributed by atoms with Gasteiger partial charge in [0.05, 0.1) is 0 Å². The average Bonchev–Trinajstić information content (AvgIpc) is 2.30. The fraction of sp³-hybridized carbons (Fsp3) is 1.00. The molecule has 0 atom stereocenters. The van der Waals surface area contributed by atoms with E-state index >= 15 is 0 Å². The molecule has 0 aliphatic carbocycles. The van der Waals surface area contributed by atoms with Crippen molar-refractivity contribution in [2.24, 2.45) is 0 Å². The summed E-state index contributed by atoms with van der Waals surface area (Å²) in [6.45, 7) is 4.48.